The highest BCUT2D eigenvalue weighted by molar-refractivity contribution is 5.89. The van der Waals surface area contributed by atoms with Gasteiger partial charge in [-0.05, 0) is 65.7 Å². The minimum atomic E-state index is -0.577. The van der Waals surface area contributed by atoms with Gasteiger partial charge in [-0.15, -0.1) is 0 Å². The Morgan fingerprint density at radius 2 is 1.74 bits per heavy atom. The zero-order valence-electron chi connectivity index (χ0n) is 19.1. The second-order valence-electron chi connectivity index (χ2n) is 7.86. The van der Waals surface area contributed by atoms with E-state index in [4.69, 9.17) is 18.9 Å². The van der Waals surface area contributed by atoms with Gasteiger partial charge in [-0.25, -0.2) is 4.79 Å². The summed E-state index contributed by atoms with van der Waals surface area (Å²) in [6, 6.07) is 14.3. The second-order valence-corrected chi connectivity index (χ2v) is 7.86. The van der Waals surface area contributed by atoms with Crippen molar-refractivity contribution < 1.29 is 38.7 Å². The summed E-state index contributed by atoms with van der Waals surface area (Å²) in [7, 11) is 2.97. The standard InChI is InChI=1S/C27H24O8/c1-32-23-14-18(7-10-22(23)30)25-21(15-34-27(31)17-5-8-19(29)9-6-17)20-12-16(4-3-11-28)13-24(33-2)26(20)35-25/h3-14,21,25,29-30H,15H2,1-2H3/b4-3+. The molecule has 2 unspecified atom stereocenters. The largest absolute Gasteiger partial charge is 0.508 e. The summed E-state index contributed by atoms with van der Waals surface area (Å²) in [6.07, 6.45) is 3.12. The van der Waals surface area contributed by atoms with Crippen LogP contribution in [0.4, 0.5) is 0 Å². The molecule has 2 atom stereocenters. The van der Waals surface area contributed by atoms with E-state index in [9.17, 15) is 19.8 Å². The molecule has 0 bridgehead atoms. The lowest BCUT2D eigenvalue weighted by atomic mass is 9.90. The van der Waals surface area contributed by atoms with Gasteiger partial charge in [0.2, 0.25) is 0 Å². The number of phenols is 2. The second kappa shape index (κ2) is 10.2. The van der Waals surface area contributed by atoms with E-state index in [1.807, 2.05) is 6.07 Å². The molecule has 0 fully saturated rings. The van der Waals surface area contributed by atoms with Crippen molar-refractivity contribution in [2.75, 3.05) is 20.8 Å². The van der Waals surface area contributed by atoms with Gasteiger partial charge >= 0.3 is 5.97 Å². The predicted molar refractivity (Wildman–Crippen MR) is 127 cm³/mol. The fourth-order valence-electron chi connectivity index (χ4n) is 4.01. The summed E-state index contributed by atoms with van der Waals surface area (Å²) < 4.78 is 22.7. The highest BCUT2D eigenvalue weighted by Crippen LogP contribution is 2.51. The van der Waals surface area contributed by atoms with Crippen LogP contribution < -0.4 is 14.2 Å². The molecule has 0 amide bonds. The fourth-order valence-corrected chi connectivity index (χ4v) is 4.01. The highest BCUT2D eigenvalue weighted by atomic mass is 16.5. The smallest absolute Gasteiger partial charge is 0.338 e. The number of carbonyl (C=O) groups excluding carboxylic acids is 2. The molecule has 3 aromatic carbocycles. The number of carbonyl (C=O) groups is 2. The van der Waals surface area contributed by atoms with Gasteiger partial charge in [0.05, 0.1) is 25.7 Å². The van der Waals surface area contributed by atoms with Gasteiger partial charge in [0.25, 0.3) is 0 Å². The van der Waals surface area contributed by atoms with Crippen LogP contribution in [-0.4, -0.2) is 43.3 Å². The van der Waals surface area contributed by atoms with E-state index in [1.54, 1.807) is 24.3 Å². The number of hydrogen-bond donors (Lipinski definition) is 2. The van der Waals surface area contributed by atoms with Crippen LogP contribution in [0.25, 0.3) is 6.08 Å². The highest BCUT2D eigenvalue weighted by Gasteiger charge is 2.39. The first-order chi connectivity index (χ1) is 16.9. The monoisotopic (exact) mass is 476 g/mol. The zero-order valence-corrected chi connectivity index (χ0v) is 19.1. The third-order valence-corrected chi connectivity index (χ3v) is 5.73. The molecule has 0 saturated heterocycles. The molecule has 0 aromatic heterocycles. The van der Waals surface area contributed by atoms with Crippen LogP contribution in [-0.2, 0) is 9.53 Å². The molecule has 1 aliphatic heterocycles. The maximum absolute atomic E-state index is 12.7. The molecule has 1 heterocycles. The van der Waals surface area contributed by atoms with E-state index in [-0.39, 0.29) is 23.9 Å². The molecule has 0 radical (unpaired) electrons. The molecule has 35 heavy (non-hydrogen) atoms. The van der Waals surface area contributed by atoms with Crippen molar-refractivity contribution in [3.63, 3.8) is 0 Å². The van der Waals surface area contributed by atoms with E-state index >= 15 is 0 Å². The summed E-state index contributed by atoms with van der Waals surface area (Å²) in [4.78, 5) is 23.5. The molecule has 180 valence electrons. The molecule has 3 aromatic rings. The third-order valence-electron chi connectivity index (χ3n) is 5.73. The number of hydrogen-bond acceptors (Lipinski definition) is 8. The molecule has 8 heteroatoms. The van der Waals surface area contributed by atoms with Crippen molar-refractivity contribution in [2.24, 2.45) is 0 Å². The molecule has 2 N–H and O–H groups in total. The number of methoxy groups -OCH3 is 2. The molecule has 8 nitrogen and oxygen atoms in total. The predicted octanol–water partition coefficient (Wildman–Crippen LogP) is 4.40. The Kier molecular flexibility index (Phi) is 6.91. The SMILES string of the molecule is COc1cc(C2Oc3c(OC)cc(/C=C/C=O)cc3C2COC(=O)c2ccc(O)cc2)ccc1O. The van der Waals surface area contributed by atoms with Crippen molar-refractivity contribution in [3.05, 3.63) is 82.9 Å². The Labute approximate surface area is 202 Å². The quantitative estimate of drug-likeness (QED) is 0.280. The number of benzene rings is 3. The van der Waals surface area contributed by atoms with Crippen molar-refractivity contribution in [1.29, 1.82) is 0 Å². The van der Waals surface area contributed by atoms with Crippen LogP contribution in [0.15, 0.2) is 60.7 Å². The van der Waals surface area contributed by atoms with Crippen LogP contribution in [0.3, 0.4) is 0 Å². The number of phenolic OH excluding ortho intramolecular Hbond substituents is 2. The zero-order chi connectivity index (χ0) is 24.9. The molecular weight excluding hydrogens is 452 g/mol. The topological polar surface area (TPSA) is 112 Å². The number of allylic oxidation sites excluding steroid dienone is 1. The van der Waals surface area contributed by atoms with Crippen molar-refractivity contribution in [2.45, 2.75) is 12.0 Å². The van der Waals surface area contributed by atoms with Crippen LogP contribution >= 0.6 is 0 Å². The van der Waals surface area contributed by atoms with Crippen LogP contribution in [0, 0.1) is 0 Å². The summed E-state index contributed by atoms with van der Waals surface area (Å²) in [6.45, 7) is -0.0232. The summed E-state index contributed by atoms with van der Waals surface area (Å²) >= 11 is 0. The maximum atomic E-state index is 12.7. The Morgan fingerprint density at radius 3 is 2.43 bits per heavy atom. The van der Waals surface area contributed by atoms with Crippen molar-refractivity contribution in [1.82, 2.24) is 0 Å². The summed E-state index contributed by atoms with van der Waals surface area (Å²) in [5.74, 6) is 0.297. The summed E-state index contributed by atoms with van der Waals surface area (Å²) in [5, 5.41) is 19.5. The van der Waals surface area contributed by atoms with Crippen molar-refractivity contribution >= 4 is 18.3 Å². The average molecular weight is 476 g/mol. The van der Waals surface area contributed by atoms with Gasteiger partial charge in [0.15, 0.2) is 23.0 Å². The van der Waals surface area contributed by atoms with Crippen LogP contribution in [0.2, 0.25) is 0 Å². The van der Waals surface area contributed by atoms with Gasteiger partial charge in [0.1, 0.15) is 24.7 Å². The first-order valence-electron chi connectivity index (χ1n) is 10.8. The number of fused-ring (bicyclic) bond motifs is 1. The Morgan fingerprint density at radius 1 is 1.00 bits per heavy atom. The maximum Gasteiger partial charge on any atom is 0.338 e. The Bertz CT molecular complexity index is 1260. The average Bonchev–Trinajstić information content (AvgIpc) is 3.24. The normalized spacial score (nSPS) is 16.4. The van der Waals surface area contributed by atoms with Gasteiger partial charge in [0, 0.05) is 5.56 Å². The molecule has 4 rings (SSSR count). The lowest BCUT2D eigenvalue weighted by molar-refractivity contribution is -0.104. The van der Waals surface area contributed by atoms with Crippen LogP contribution in [0.1, 0.15) is 39.1 Å². The van der Waals surface area contributed by atoms with E-state index in [0.717, 1.165) is 11.1 Å². The van der Waals surface area contributed by atoms with Gasteiger partial charge in [-0.3, -0.25) is 4.79 Å². The van der Waals surface area contributed by atoms with E-state index in [1.165, 1.54) is 50.6 Å². The lowest BCUT2D eigenvalue weighted by Crippen LogP contribution is -2.18. The number of aromatic hydroxyl groups is 2. The van der Waals surface area contributed by atoms with E-state index in [0.29, 0.717) is 28.9 Å². The van der Waals surface area contributed by atoms with Crippen LogP contribution in [0.5, 0.6) is 28.7 Å². The lowest BCUT2D eigenvalue weighted by Gasteiger charge is -2.20. The van der Waals surface area contributed by atoms with Gasteiger partial charge in [-0.2, -0.15) is 0 Å². The summed E-state index contributed by atoms with van der Waals surface area (Å²) in [5.41, 5.74) is 2.46. The Balaban J connectivity index is 1.72. The molecule has 0 saturated carbocycles. The first-order valence-corrected chi connectivity index (χ1v) is 10.8. The molecular formula is C27H24O8. The van der Waals surface area contributed by atoms with Crippen molar-refractivity contribution in [3.8, 4) is 28.7 Å². The third kappa shape index (κ3) is 4.91. The first kappa shape index (κ1) is 23.7. The molecule has 1 aliphatic rings. The Hall–Kier alpha value is -4.46. The molecule has 0 spiro atoms. The van der Waals surface area contributed by atoms with E-state index < -0.39 is 18.0 Å². The number of esters is 1. The van der Waals surface area contributed by atoms with Gasteiger partial charge in [-0.1, -0.05) is 12.1 Å². The minimum Gasteiger partial charge on any atom is -0.508 e. The number of ether oxygens (including phenoxy) is 4. The minimum absolute atomic E-state index is 0.0130. The number of rotatable bonds is 8. The van der Waals surface area contributed by atoms with E-state index in [2.05, 4.69) is 0 Å². The van der Waals surface area contributed by atoms with Gasteiger partial charge < -0.3 is 29.2 Å². The fraction of sp³-hybridized carbons (Fsp3) is 0.185. The molecule has 0 aliphatic carbocycles. The number of aldehydes is 1.